The lowest BCUT2D eigenvalue weighted by atomic mass is 9.99. The maximum Gasteiger partial charge on any atom is 0.238 e. The molecule has 1 heterocycles. The zero-order valence-corrected chi connectivity index (χ0v) is 10.9. The number of hydrogen-bond donors (Lipinski definition) is 2. The van der Waals surface area contributed by atoms with E-state index in [9.17, 15) is 4.79 Å². The summed E-state index contributed by atoms with van der Waals surface area (Å²) in [7, 11) is 0. The van der Waals surface area contributed by atoms with Gasteiger partial charge in [-0.15, -0.1) is 0 Å². The van der Waals surface area contributed by atoms with Crippen molar-refractivity contribution in [2.24, 2.45) is 5.92 Å². The van der Waals surface area contributed by atoms with Gasteiger partial charge in [0.1, 0.15) is 0 Å². The fourth-order valence-corrected chi connectivity index (χ4v) is 2.48. The minimum atomic E-state index is 0.0235. The molecule has 0 bridgehead atoms. The number of amides is 1. The molecule has 94 valence electrons. The van der Waals surface area contributed by atoms with Crippen molar-refractivity contribution in [3.05, 3.63) is 29.8 Å². The summed E-state index contributed by atoms with van der Waals surface area (Å²) >= 11 is 4.22. The molecule has 1 atom stereocenters. The molecule has 4 nitrogen and oxygen atoms in total. The summed E-state index contributed by atoms with van der Waals surface area (Å²) in [5.74, 6) is 1.13. The second-order valence-corrected chi connectivity index (χ2v) is 4.84. The monoisotopic (exact) mass is 261 g/mol. The van der Waals surface area contributed by atoms with Gasteiger partial charge >= 0.3 is 0 Å². The van der Waals surface area contributed by atoms with Crippen LogP contribution in [-0.4, -0.2) is 18.2 Å². The Morgan fingerprint density at radius 2 is 2.39 bits per heavy atom. The predicted molar refractivity (Wildman–Crippen MR) is 73.2 cm³/mol. The molecule has 2 rings (SSSR count). The summed E-state index contributed by atoms with van der Waals surface area (Å²) in [6.07, 6.45) is 1.47. The molecule has 1 unspecified atom stereocenters. The summed E-state index contributed by atoms with van der Waals surface area (Å²) < 4.78 is 0. The van der Waals surface area contributed by atoms with Crippen molar-refractivity contribution in [2.75, 3.05) is 17.3 Å². The maximum absolute atomic E-state index is 11.6. The molecule has 1 fully saturated rings. The first-order chi connectivity index (χ1) is 8.72. The van der Waals surface area contributed by atoms with Crippen molar-refractivity contribution in [1.82, 2.24) is 5.43 Å². The number of rotatable bonds is 3. The van der Waals surface area contributed by atoms with E-state index >= 15 is 0 Å². The summed E-state index contributed by atoms with van der Waals surface area (Å²) in [6, 6.07) is 9.35. The zero-order valence-electron chi connectivity index (χ0n) is 9.97. The molecule has 1 aliphatic rings. The van der Waals surface area contributed by atoms with Crippen LogP contribution in [0.1, 0.15) is 18.4 Å². The number of hydrogen-bond acceptors (Lipinski definition) is 4. The highest BCUT2D eigenvalue weighted by atomic mass is 32.1. The highest BCUT2D eigenvalue weighted by Gasteiger charge is 2.24. The van der Waals surface area contributed by atoms with Crippen LogP contribution in [0.4, 0.5) is 5.69 Å². The van der Waals surface area contributed by atoms with E-state index in [1.807, 2.05) is 17.1 Å². The van der Waals surface area contributed by atoms with Crippen molar-refractivity contribution < 1.29 is 4.79 Å². The van der Waals surface area contributed by atoms with Gasteiger partial charge in [0.15, 0.2) is 0 Å². The molecule has 1 aliphatic heterocycles. The number of benzene rings is 1. The third-order valence-corrected chi connectivity index (χ3v) is 3.26. The van der Waals surface area contributed by atoms with Gasteiger partial charge in [-0.1, -0.05) is 6.07 Å². The van der Waals surface area contributed by atoms with Crippen molar-refractivity contribution in [3.63, 3.8) is 0 Å². The average molecular weight is 261 g/mol. The van der Waals surface area contributed by atoms with Crippen LogP contribution in [0.2, 0.25) is 0 Å². The zero-order chi connectivity index (χ0) is 13.0. The lowest BCUT2D eigenvalue weighted by Crippen LogP contribution is -2.50. The fraction of sp³-hybridized carbons (Fsp3) is 0.385. The smallest absolute Gasteiger partial charge is 0.238 e. The lowest BCUT2D eigenvalue weighted by molar-refractivity contribution is -0.123. The summed E-state index contributed by atoms with van der Waals surface area (Å²) in [5, 5.41) is 10.7. The van der Waals surface area contributed by atoms with E-state index in [1.54, 1.807) is 12.1 Å². The highest BCUT2D eigenvalue weighted by molar-refractivity contribution is 7.80. The number of hydrazine groups is 1. The first-order valence-corrected chi connectivity index (χ1v) is 6.54. The van der Waals surface area contributed by atoms with Gasteiger partial charge in [0.2, 0.25) is 5.91 Å². The SMILES string of the molecule is N#Cc1cccc(N2CC(CCS)CC(=O)N2)c1. The Hall–Kier alpha value is -1.67. The molecule has 5 heteroatoms. The topological polar surface area (TPSA) is 56.1 Å². The largest absolute Gasteiger partial charge is 0.285 e. The molecular formula is C13H15N3OS. The molecular weight excluding hydrogens is 246 g/mol. The molecule has 0 aliphatic carbocycles. The van der Waals surface area contributed by atoms with Crippen LogP contribution in [0.3, 0.4) is 0 Å². The normalized spacial score (nSPS) is 19.2. The van der Waals surface area contributed by atoms with Crippen LogP contribution >= 0.6 is 12.6 Å². The fourth-order valence-electron chi connectivity index (χ4n) is 2.12. The summed E-state index contributed by atoms with van der Waals surface area (Å²) in [6.45, 7) is 0.765. The van der Waals surface area contributed by atoms with Gasteiger partial charge < -0.3 is 0 Å². The van der Waals surface area contributed by atoms with Gasteiger partial charge in [-0.05, 0) is 36.3 Å². The molecule has 1 aromatic carbocycles. The second kappa shape index (κ2) is 5.78. The Morgan fingerprint density at radius 1 is 1.56 bits per heavy atom. The van der Waals surface area contributed by atoms with E-state index in [0.717, 1.165) is 24.4 Å². The quantitative estimate of drug-likeness (QED) is 0.815. The number of thiol groups is 1. The molecule has 0 radical (unpaired) electrons. The van der Waals surface area contributed by atoms with E-state index in [2.05, 4.69) is 24.1 Å². The van der Waals surface area contributed by atoms with Crippen molar-refractivity contribution in [1.29, 1.82) is 5.26 Å². The molecule has 1 N–H and O–H groups in total. The molecule has 0 spiro atoms. The van der Waals surface area contributed by atoms with Crippen LogP contribution in [0.25, 0.3) is 0 Å². The predicted octanol–water partition coefficient (Wildman–Crippen LogP) is 1.74. The maximum atomic E-state index is 11.6. The molecule has 18 heavy (non-hydrogen) atoms. The van der Waals surface area contributed by atoms with Gasteiger partial charge in [0, 0.05) is 13.0 Å². The first kappa shape index (κ1) is 12.8. The third-order valence-electron chi connectivity index (χ3n) is 3.00. The Morgan fingerprint density at radius 3 is 3.11 bits per heavy atom. The van der Waals surface area contributed by atoms with Gasteiger partial charge in [-0.2, -0.15) is 17.9 Å². The van der Waals surface area contributed by atoms with Crippen LogP contribution < -0.4 is 10.4 Å². The average Bonchev–Trinajstić information content (AvgIpc) is 2.38. The Balaban J connectivity index is 2.16. The number of carbonyl (C=O) groups is 1. The summed E-state index contributed by atoms with van der Waals surface area (Å²) in [4.78, 5) is 11.6. The number of nitrogens with zero attached hydrogens (tertiary/aromatic N) is 2. The third kappa shape index (κ3) is 2.96. The van der Waals surface area contributed by atoms with Crippen molar-refractivity contribution >= 4 is 24.2 Å². The van der Waals surface area contributed by atoms with Crippen molar-refractivity contribution in [2.45, 2.75) is 12.8 Å². The van der Waals surface area contributed by atoms with E-state index in [0.29, 0.717) is 17.9 Å². The molecule has 0 aromatic heterocycles. The number of nitrogens with one attached hydrogen (secondary N) is 1. The number of carbonyl (C=O) groups excluding carboxylic acids is 1. The number of anilines is 1. The Kier molecular flexibility index (Phi) is 4.11. The molecule has 1 amide bonds. The standard InChI is InChI=1S/C13H15N3OS/c14-8-10-2-1-3-12(6-10)16-9-11(4-5-18)7-13(17)15-16/h1-3,6,11,18H,4-5,7,9H2,(H,15,17). The van der Waals surface area contributed by atoms with E-state index in [4.69, 9.17) is 5.26 Å². The van der Waals surface area contributed by atoms with E-state index < -0.39 is 0 Å². The molecule has 0 saturated carbocycles. The minimum Gasteiger partial charge on any atom is -0.285 e. The highest BCUT2D eigenvalue weighted by Crippen LogP contribution is 2.22. The van der Waals surface area contributed by atoms with Crippen LogP contribution in [0, 0.1) is 17.2 Å². The molecule has 1 aromatic rings. The van der Waals surface area contributed by atoms with Crippen molar-refractivity contribution in [3.8, 4) is 6.07 Å². The van der Waals surface area contributed by atoms with Gasteiger partial charge in [-0.3, -0.25) is 15.2 Å². The summed E-state index contributed by atoms with van der Waals surface area (Å²) in [5.41, 5.74) is 4.28. The second-order valence-electron chi connectivity index (χ2n) is 4.39. The lowest BCUT2D eigenvalue weighted by Gasteiger charge is -2.34. The van der Waals surface area contributed by atoms with Crippen LogP contribution in [-0.2, 0) is 4.79 Å². The van der Waals surface area contributed by atoms with E-state index in [-0.39, 0.29) is 5.91 Å². The van der Waals surface area contributed by atoms with Gasteiger partial charge in [0.05, 0.1) is 17.3 Å². The Labute approximate surface area is 112 Å². The minimum absolute atomic E-state index is 0.0235. The van der Waals surface area contributed by atoms with Crippen LogP contribution in [0.5, 0.6) is 0 Å². The van der Waals surface area contributed by atoms with Crippen LogP contribution in [0.15, 0.2) is 24.3 Å². The van der Waals surface area contributed by atoms with Gasteiger partial charge in [0.25, 0.3) is 0 Å². The molecule has 1 saturated heterocycles. The number of nitriles is 1. The Bertz CT molecular complexity index is 483. The first-order valence-electron chi connectivity index (χ1n) is 5.91. The van der Waals surface area contributed by atoms with E-state index in [1.165, 1.54) is 0 Å². The van der Waals surface area contributed by atoms with Gasteiger partial charge in [-0.25, -0.2) is 0 Å².